The summed E-state index contributed by atoms with van der Waals surface area (Å²) in [5.41, 5.74) is 2.25. The summed E-state index contributed by atoms with van der Waals surface area (Å²) in [5.74, 6) is 6.62. The van der Waals surface area contributed by atoms with Crippen molar-refractivity contribution in [1.29, 1.82) is 0 Å². The van der Waals surface area contributed by atoms with Crippen LogP contribution in [0, 0.1) is 11.8 Å². The second-order valence-electron chi connectivity index (χ2n) is 5.88. The number of nitrogens with one attached hydrogen (secondary N) is 2. The average Bonchev–Trinajstić information content (AvgIpc) is 3.13. The van der Waals surface area contributed by atoms with Crippen LogP contribution in [0.15, 0.2) is 48.5 Å². The molecule has 0 saturated carbocycles. The van der Waals surface area contributed by atoms with Gasteiger partial charge in [0.15, 0.2) is 0 Å². The lowest BCUT2D eigenvalue weighted by atomic mass is 10.2. The Labute approximate surface area is 163 Å². The van der Waals surface area contributed by atoms with E-state index in [0.29, 0.717) is 25.4 Å². The number of benzene rings is 2. The fraction of sp³-hybridized carbons (Fsp3) is 0.238. The molecule has 7 heteroatoms. The van der Waals surface area contributed by atoms with E-state index in [1.807, 2.05) is 31.2 Å². The number of urea groups is 1. The third-order valence-electron chi connectivity index (χ3n) is 3.93. The Hall–Kier alpha value is -3.66. The first-order chi connectivity index (χ1) is 13.7. The van der Waals surface area contributed by atoms with Gasteiger partial charge >= 0.3 is 12.1 Å². The fourth-order valence-electron chi connectivity index (χ4n) is 2.60. The topological polar surface area (TPSA) is 79.9 Å². The molecular weight excluding hydrogens is 358 g/mol. The van der Waals surface area contributed by atoms with Crippen molar-refractivity contribution in [2.45, 2.75) is 6.92 Å². The van der Waals surface area contributed by atoms with Crippen molar-refractivity contribution in [3.63, 3.8) is 0 Å². The number of hydrogen-bond acceptors (Lipinski definition) is 4. The summed E-state index contributed by atoms with van der Waals surface area (Å²) in [6.45, 7) is 3.68. The summed E-state index contributed by atoms with van der Waals surface area (Å²) in [6, 6.07) is 14.1. The lowest BCUT2D eigenvalue weighted by molar-refractivity contribution is 0.181. The van der Waals surface area contributed by atoms with Gasteiger partial charge in [0.1, 0.15) is 12.4 Å². The third kappa shape index (κ3) is 5.17. The van der Waals surface area contributed by atoms with E-state index in [1.165, 1.54) is 0 Å². The van der Waals surface area contributed by atoms with Gasteiger partial charge in [-0.25, -0.2) is 9.59 Å². The lowest BCUT2D eigenvalue weighted by Gasteiger charge is -2.11. The number of carbonyl (C=O) groups is 2. The molecule has 0 bridgehead atoms. The molecule has 2 N–H and O–H groups in total. The van der Waals surface area contributed by atoms with Crippen LogP contribution in [-0.4, -0.2) is 38.4 Å². The van der Waals surface area contributed by atoms with Gasteiger partial charge in [-0.15, -0.1) is 0 Å². The van der Waals surface area contributed by atoms with Crippen LogP contribution < -0.4 is 20.3 Å². The molecule has 1 fully saturated rings. The first-order valence-electron chi connectivity index (χ1n) is 8.96. The summed E-state index contributed by atoms with van der Waals surface area (Å²) in [5, 5.41) is 5.41. The molecular formula is C21H21N3O4. The molecule has 0 spiro atoms. The largest absolute Gasteiger partial charge is 0.494 e. The number of hydrogen-bond donors (Lipinski definition) is 2. The molecule has 28 heavy (non-hydrogen) atoms. The van der Waals surface area contributed by atoms with E-state index in [0.717, 1.165) is 17.0 Å². The van der Waals surface area contributed by atoms with Crippen molar-refractivity contribution in [1.82, 2.24) is 5.32 Å². The molecule has 1 aliphatic rings. The van der Waals surface area contributed by atoms with E-state index in [2.05, 4.69) is 22.5 Å². The molecule has 1 heterocycles. The Morgan fingerprint density at radius 2 is 1.93 bits per heavy atom. The highest BCUT2D eigenvalue weighted by Crippen LogP contribution is 2.19. The highest BCUT2D eigenvalue weighted by atomic mass is 16.6. The summed E-state index contributed by atoms with van der Waals surface area (Å²) in [6.07, 6.45) is -0.332. The van der Waals surface area contributed by atoms with Crippen molar-refractivity contribution in [2.75, 3.05) is 36.5 Å². The van der Waals surface area contributed by atoms with Crippen molar-refractivity contribution in [3.8, 4) is 17.6 Å². The quantitative estimate of drug-likeness (QED) is 0.782. The van der Waals surface area contributed by atoms with Crippen molar-refractivity contribution < 1.29 is 19.1 Å². The zero-order valence-corrected chi connectivity index (χ0v) is 15.5. The molecule has 2 aromatic carbocycles. The van der Waals surface area contributed by atoms with Crippen LogP contribution in [0.2, 0.25) is 0 Å². The second-order valence-corrected chi connectivity index (χ2v) is 5.88. The van der Waals surface area contributed by atoms with E-state index in [9.17, 15) is 9.59 Å². The number of ether oxygens (including phenoxy) is 2. The maximum Gasteiger partial charge on any atom is 0.414 e. The number of nitrogens with zero attached hydrogens (tertiary/aromatic N) is 1. The Kier molecular flexibility index (Phi) is 6.37. The first-order valence-corrected chi connectivity index (χ1v) is 8.96. The summed E-state index contributed by atoms with van der Waals surface area (Å²) in [4.78, 5) is 25.0. The highest BCUT2D eigenvalue weighted by molar-refractivity contribution is 5.90. The second kappa shape index (κ2) is 9.33. The van der Waals surface area contributed by atoms with Crippen molar-refractivity contribution in [3.05, 3.63) is 54.1 Å². The SMILES string of the molecule is CCOc1ccc(NC(=O)NCC#Cc2ccc(N3CCOC3=O)cc2)cc1. The standard InChI is InChI=1S/C21H21N3O4/c1-2-27-19-11-7-17(8-12-19)23-20(25)22-13-3-4-16-5-9-18(10-6-16)24-14-15-28-21(24)26/h5-12H,2,13-15H2,1H3,(H2,22,23,25). The van der Waals surface area contributed by atoms with Gasteiger partial charge in [-0.3, -0.25) is 4.90 Å². The molecule has 7 nitrogen and oxygen atoms in total. The van der Waals surface area contributed by atoms with Crippen LogP contribution in [0.5, 0.6) is 5.75 Å². The van der Waals surface area contributed by atoms with Crippen LogP contribution in [0.1, 0.15) is 12.5 Å². The number of anilines is 2. The predicted octanol–water partition coefficient (Wildman–Crippen LogP) is 3.22. The van der Waals surface area contributed by atoms with Crippen molar-refractivity contribution >= 4 is 23.5 Å². The summed E-state index contributed by atoms with van der Waals surface area (Å²) in [7, 11) is 0. The summed E-state index contributed by atoms with van der Waals surface area (Å²) < 4.78 is 10.3. The van der Waals surface area contributed by atoms with Crippen LogP contribution in [0.3, 0.4) is 0 Å². The zero-order chi connectivity index (χ0) is 19.8. The number of carbonyl (C=O) groups excluding carboxylic acids is 2. The molecule has 0 unspecified atom stereocenters. The molecule has 3 rings (SSSR count). The molecule has 0 atom stereocenters. The Morgan fingerprint density at radius 1 is 1.18 bits per heavy atom. The molecule has 1 saturated heterocycles. The summed E-state index contributed by atoms with van der Waals surface area (Å²) >= 11 is 0. The zero-order valence-electron chi connectivity index (χ0n) is 15.5. The van der Waals surface area contributed by atoms with E-state index >= 15 is 0 Å². The van der Waals surface area contributed by atoms with Gasteiger partial charge < -0.3 is 20.1 Å². The van der Waals surface area contributed by atoms with Crippen LogP contribution >= 0.6 is 0 Å². The molecule has 1 aliphatic heterocycles. The van der Waals surface area contributed by atoms with Gasteiger partial charge in [0.25, 0.3) is 0 Å². The smallest absolute Gasteiger partial charge is 0.414 e. The van der Waals surface area contributed by atoms with Crippen LogP contribution in [0.25, 0.3) is 0 Å². The van der Waals surface area contributed by atoms with E-state index in [1.54, 1.807) is 29.2 Å². The molecule has 3 amide bonds. The predicted molar refractivity (Wildman–Crippen MR) is 107 cm³/mol. The van der Waals surface area contributed by atoms with Gasteiger partial charge in [-0.2, -0.15) is 0 Å². The molecule has 0 aromatic heterocycles. The minimum atomic E-state index is -0.332. The lowest BCUT2D eigenvalue weighted by Crippen LogP contribution is -2.28. The first kappa shape index (κ1) is 19.1. The third-order valence-corrected chi connectivity index (χ3v) is 3.93. The fourth-order valence-corrected chi connectivity index (χ4v) is 2.60. The highest BCUT2D eigenvalue weighted by Gasteiger charge is 2.23. The number of rotatable bonds is 5. The van der Waals surface area contributed by atoms with Crippen molar-refractivity contribution in [2.24, 2.45) is 0 Å². The minimum Gasteiger partial charge on any atom is -0.494 e. The molecule has 144 valence electrons. The van der Waals surface area contributed by atoms with E-state index in [4.69, 9.17) is 9.47 Å². The van der Waals surface area contributed by atoms with Gasteiger partial charge in [0.05, 0.1) is 19.7 Å². The van der Waals surface area contributed by atoms with Crippen LogP contribution in [0.4, 0.5) is 21.0 Å². The number of amides is 3. The molecule has 2 aromatic rings. The molecule has 0 radical (unpaired) electrons. The minimum absolute atomic E-state index is 0.211. The normalized spacial score (nSPS) is 12.6. The van der Waals surface area contributed by atoms with Gasteiger partial charge in [0.2, 0.25) is 0 Å². The Bertz CT molecular complexity index is 883. The van der Waals surface area contributed by atoms with Crippen LogP contribution in [-0.2, 0) is 4.74 Å². The van der Waals surface area contributed by atoms with Gasteiger partial charge in [0, 0.05) is 16.9 Å². The van der Waals surface area contributed by atoms with Gasteiger partial charge in [-0.05, 0) is 55.5 Å². The van der Waals surface area contributed by atoms with Gasteiger partial charge in [-0.1, -0.05) is 11.8 Å². The average molecular weight is 379 g/mol. The monoisotopic (exact) mass is 379 g/mol. The Morgan fingerprint density at radius 3 is 2.57 bits per heavy atom. The van der Waals surface area contributed by atoms with E-state index in [-0.39, 0.29) is 18.7 Å². The van der Waals surface area contributed by atoms with E-state index < -0.39 is 0 Å². The molecule has 0 aliphatic carbocycles. The maximum atomic E-state index is 11.9. The Balaban J connectivity index is 1.45. The maximum absolute atomic E-state index is 11.9. The number of cyclic esters (lactones) is 1.